The number of nitro benzene ring substituents is 1. The van der Waals surface area contributed by atoms with Crippen molar-refractivity contribution in [3.63, 3.8) is 0 Å². The maximum Gasteiger partial charge on any atom is 0.311 e. The average Bonchev–Trinajstić information content (AvgIpc) is 3.39. The molecule has 2 heterocycles. The van der Waals surface area contributed by atoms with E-state index in [1.165, 1.54) is 16.9 Å². The van der Waals surface area contributed by atoms with Gasteiger partial charge in [-0.1, -0.05) is 24.3 Å². The third-order valence-corrected chi connectivity index (χ3v) is 5.55. The Morgan fingerprint density at radius 1 is 1.14 bits per heavy atom. The summed E-state index contributed by atoms with van der Waals surface area (Å²) >= 11 is 0. The summed E-state index contributed by atoms with van der Waals surface area (Å²) in [4.78, 5) is 23.3. The van der Waals surface area contributed by atoms with Gasteiger partial charge in [-0.25, -0.2) is 9.07 Å². The van der Waals surface area contributed by atoms with Gasteiger partial charge in [-0.05, 0) is 44.0 Å². The molecule has 11 heteroatoms. The Morgan fingerprint density at radius 3 is 2.66 bits per heavy atom. The van der Waals surface area contributed by atoms with Gasteiger partial charge in [0.25, 0.3) is 5.91 Å². The van der Waals surface area contributed by atoms with Crippen molar-refractivity contribution in [1.82, 2.24) is 19.6 Å². The number of nitro groups is 1. The molecule has 0 aliphatic carbocycles. The fourth-order valence-corrected chi connectivity index (χ4v) is 3.60. The first-order valence-electron chi connectivity index (χ1n) is 10.7. The van der Waals surface area contributed by atoms with Crippen molar-refractivity contribution in [3.8, 4) is 5.75 Å². The predicted molar refractivity (Wildman–Crippen MR) is 126 cm³/mol. The molecule has 0 aliphatic rings. The number of amides is 1. The minimum absolute atomic E-state index is 0.118. The summed E-state index contributed by atoms with van der Waals surface area (Å²) in [6, 6.07) is 12.5. The van der Waals surface area contributed by atoms with Crippen molar-refractivity contribution in [3.05, 3.63) is 98.9 Å². The monoisotopic (exact) mass is 478 g/mol. The highest BCUT2D eigenvalue weighted by molar-refractivity contribution is 6.03. The minimum Gasteiger partial charge on any atom is -0.464 e. The van der Waals surface area contributed by atoms with Crippen molar-refractivity contribution in [1.29, 1.82) is 0 Å². The molecule has 4 rings (SSSR count). The molecule has 2 aromatic heterocycles. The molecular formula is C24H23FN6O4. The Labute approximate surface area is 200 Å². The van der Waals surface area contributed by atoms with E-state index in [0.717, 1.165) is 35.0 Å². The molecule has 2 aromatic carbocycles. The summed E-state index contributed by atoms with van der Waals surface area (Å²) in [6.45, 7) is 6.06. The van der Waals surface area contributed by atoms with Crippen LogP contribution in [0.1, 0.15) is 33.0 Å². The molecule has 0 radical (unpaired) electrons. The van der Waals surface area contributed by atoms with Gasteiger partial charge in [-0.3, -0.25) is 19.6 Å². The van der Waals surface area contributed by atoms with Crippen molar-refractivity contribution in [2.75, 3.05) is 5.32 Å². The molecule has 0 spiro atoms. The van der Waals surface area contributed by atoms with Gasteiger partial charge >= 0.3 is 5.69 Å². The van der Waals surface area contributed by atoms with Gasteiger partial charge in [0.2, 0.25) is 5.75 Å². The van der Waals surface area contributed by atoms with E-state index in [4.69, 9.17) is 4.74 Å². The van der Waals surface area contributed by atoms with Crippen molar-refractivity contribution in [2.45, 2.75) is 34.0 Å². The average molecular weight is 478 g/mol. The predicted octanol–water partition coefficient (Wildman–Crippen LogP) is 4.39. The molecule has 35 heavy (non-hydrogen) atoms. The van der Waals surface area contributed by atoms with Crippen LogP contribution in [0.25, 0.3) is 0 Å². The van der Waals surface area contributed by atoms with E-state index in [0.29, 0.717) is 17.9 Å². The number of aromatic nitrogens is 4. The van der Waals surface area contributed by atoms with Gasteiger partial charge in [-0.2, -0.15) is 10.2 Å². The van der Waals surface area contributed by atoms with Crippen LogP contribution >= 0.6 is 0 Å². The number of rotatable bonds is 8. The number of halogens is 1. The van der Waals surface area contributed by atoms with Crippen LogP contribution < -0.4 is 10.1 Å². The number of anilines is 1. The van der Waals surface area contributed by atoms with Crippen LogP contribution in [0.15, 0.2) is 54.7 Å². The SMILES string of the molecule is Cc1ccccc1Cn1nc(C)c(NC(=O)c2ccn(COc3cc(F)ccc3[N+](=O)[O-])n2)c1C. The van der Waals surface area contributed by atoms with Gasteiger partial charge in [0.1, 0.15) is 5.82 Å². The second-order valence-electron chi connectivity index (χ2n) is 7.97. The van der Waals surface area contributed by atoms with E-state index in [2.05, 4.69) is 15.5 Å². The second kappa shape index (κ2) is 9.75. The molecule has 1 amide bonds. The molecule has 0 saturated carbocycles. The van der Waals surface area contributed by atoms with Gasteiger partial charge in [0.05, 0.1) is 28.5 Å². The number of hydrogen-bond acceptors (Lipinski definition) is 6. The van der Waals surface area contributed by atoms with Gasteiger partial charge < -0.3 is 10.1 Å². The number of benzene rings is 2. The normalized spacial score (nSPS) is 10.9. The maximum absolute atomic E-state index is 13.5. The molecule has 1 N–H and O–H groups in total. The molecular weight excluding hydrogens is 455 g/mol. The summed E-state index contributed by atoms with van der Waals surface area (Å²) in [5.74, 6) is -1.34. The summed E-state index contributed by atoms with van der Waals surface area (Å²) in [7, 11) is 0. The smallest absolute Gasteiger partial charge is 0.311 e. The van der Waals surface area contributed by atoms with Crippen molar-refractivity contribution >= 4 is 17.3 Å². The van der Waals surface area contributed by atoms with Crippen LogP contribution in [-0.2, 0) is 13.3 Å². The number of nitrogens with zero attached hydrogens (tertiary/aromatic N) is 5. The van der Waals surface area contributed by atoms with Gasteiger partial charge in [-0.15, -0.1) is 0 Å². The van der Waals surface area contributed by atoms with E-state index < -0.39 is 16.6 Å². The van der Waals surface area contributed by atoms with Gasteiger partial charge in [0, 0.05) is 18.3 Å². The lowest BCUT2D eigenvalue weighted by molar-refractivity contribution is -0.386. The summed E-state index contributed by atoms with van der Waals surface area (Å²) in [6.07, 6.45) is 1.49. The highest BCUT2D eigenvalue weighted by atomic mass is 19.1. The first-order chi connectivity index (χ1) is 16.7. The molecule has 0 saturated heterocycles. The number of hydrogen-bond donors (Lipinski definition) is 1. The Hall–Kier alpha value is -4.54. The van der Waals surface area contributed by atoms with E-state index in [1.807, 2.05) is 49.7 Å². The molecule has 0 atom stereocenters. The number of nitrogens with one attached hydrogen (secondary N) is 1. The van der Waals surface area contributed by atoms with Crippen LogP contribution in [-0.4, -0.2) is 30.4 Å². The Morgan fingerprint density at radius 2 is 1.91 bits per heavy atom. The summed E-state index contributed by atoms with van der Waals surface area (Å²) in [5, 5.41) is 22.7. The van der Waals surface area contributed by atoms with E-state index in [-0.39, 0.29) is 23.9 Å². The Kier molecular flexibility index (Phi) is 6.58. The van der Waals surface area contributed by atoms with E-state index in [9.17, 15) is 19.3 Å². The Bertz CT molecular complexity index is 1410. The lowest BCUT2D eigenvalue weighted by atomic mass is 10.1. The minimum atomic E-state index is -0.667. The largest absolute Gasteiger partial charge is 0.464 e. The third kappa shape index (κ3) is 5.18. The van der Waals surface area contributed by atoms with Crippen LogP contribution in [0.5, 0.6) is 5.75 Å². The van der Waals surface area contributed by atoms with Gasteiger partial charge in [0.15, 0.2) is 12.4 Å². The molecule has 10 nitrogen and oxygen atoms in total. The topological polar surface area (TPSA) is 117 Å². The number of carbonyl (C=O) groups is 1. The lowest BCUT2D eigenvalue weighted by Crippen LogP contribution is -2.15. The quantitative estimate of drug-likeness (QED) is 0.297. The molecule has 0 bridgehead atoms. The zero-order chi connectivity index (χ0) is 25.1. The fraction of sp³-hybridized carbons (Fsp3) is 0.208. The molecule has 0 aliphatic heterocycles. The first-order valence-corrected chi connectivity index (χ1v) is 10.7. The van der Waals surface area contributed by atoms with E-state index in [1.54, 1.807) is 0 Å². The highest BCUT2D eigenvalue weighted by Crippen LogP contribution is 2.27. The molecule has 180 valence electrons. The van der Waals surface area contributed by atoms with Crippen LogP contribution in [0, 0.1) is 36.7 Å². The fourth-order valence-electron chi connectivity index (χ4n) is 3.60. The highest BCUT2D eigenvalue weighted by Gasteiger charge is 2.19. The van der Waals surface area contributed by atoms with Crippen molar-refractivity contribution < 1.29 is 18.8 Å². The van der Waals surface area contributed by atoms with Crippen molar-refractivity contribution in [2.24, 2.45) is 0 Å². The molecule has 0 fully saturated rings. The van der Waals surface area contributed by atoms with Crippen LogP contribution in [0.3, 0.4) is 0 Å². The number of aryl methyl sites for hydroxylation is 2. The van der Waals surface area contributed by atoms with Crippen LogP contribution in [0.2, 0.25) is 0 Å². The Balaban J connectivity index is 1.44. The second-order valence-corrected chi connectivity index (χ2v) is 7.97. The summed E-state index contributed by atoms with van der Waals surface area (Å²) < 4.78 is 22.0. The van der Waals surface area contributed by atoms with Crippen LogP contribution in [0.4, 0.5) is 15.8 Å². The molecule has 4 aromatic rings. The third-order valence-electron chi connectivity index (χ3n) is 5.55. The van der Waals surface area contributed by atoms with E-state index >= 15 is 0 Å². The zero-order valence-corrected chi connectivity index (χ0v) is 19.4. The molecule has 0 unspecified atom stereocenters. The summed E-state index contributed by atoms with van der Waals surface area (Å²) in [5.41, 5.74) is 4.11. The number of ether oxygens (including phenoxy) is 1. The zero-order valence-electron chi connectivity index (χ0n) is 19.4. The first kappa shape index (κ1) is 23.6. The maximum atomic E-state index is 13.5. The number of carbonyl (C=O) groups excluding carboxylic acids is 1. The standard InChI is InChI=1S/C24H23FN6O4/c1-15-6-4-5-7-18(15)13-30-17(3)23(16(2)27-30)26-24(32)20-10-11-29(28-20)14-35-22-12-19(25)8-9-21(22)31(33)34/h4-12H,13-14H2,1-3H3,(H,26,32). The lowest BCUT2D eigenvalue weighted by Gasteiger charge is -2.09.